The van der Waals surface area contributed by atoms with Gasteiger partial charge in [-0.3, -0.25) is 24.2 Å². The number of carbonyl (C=O) groups excluding carboxylic acids is 4. The lowest BCUT2D eigenvalue weighted by molar-refractivity contribution is -0.142. The van der Waals surface area contributed by atoms with Crippen LogP contribution in [0.2, 0.25) is 0 Å². The topological polar surface area (TPSA) is 284 Å². The lowest BCUT2D eigenvalue weighted by Gasteiger charge is -2.25. The predicted octanol–water partition coefficient (Wildman–Crippen LogP) is -2.46. The minimum atomic E-state index is -1.25. The molecule has 0 aromatic heterocycles. The van der Waals surface area contributed by atoms with Gasteiger partial charge in [0.15, 0.2) is 5.96 Å². The van der Waals surface area contributed by atoms with Gasteiger partial charge in [0, 0.05) is 19.4 Å². The Balaban J connectivity index is 3.06. The summed E-state index contributed by atoms with van der Waals surface area (Å²) in [5.41, 5.74) is 27.9. The number of rotatable bonds is 20. The largest absolute Gasteiger partial charge is 0.480 e. The Bertz CT molecular complexity index is 1030. The minimum absolute atomic E-state index is 0.0361. The second-order valence-electron chi connectivity index (χ2n) is 9.56. The highest BCUT2D eigenvalue weighted by molar-refractivity contribution is 5.94. The van der Waals surface area contributed by atoms with Crippen LogP contribution in [-0.2, 0) is 30.4 Å². The monoisotopic (exact) mass is 577 g/mol. The van der Waals surface area contributed by atoms with E-state index in [1.807, 2.05) is 0 Å². The van der Waals surface area contributed by atoms with E-state index in [-0.39, 0.29) is 44.6 Å². The van der Waals surface area contributed by atoms with Crippen LogP contribution in [0.25, 0.3) is 0 Å². The van der Waals surface area contributed by atoms with Crippen molar-refractivity contribution in [3.63, 3.8) is 0 Å². The van der Waals surface area contributed by atoms with Gasteiger partial charge >= 0.3 is 5.97 Å². The Hall–Kier alpha value is -4.24. The fourth-order valence-corrected chi connectivity index (χ4v) is 3.84. The van der Waals surface area contributed by atoms with E-state index in [1.165, 1.54) is 0 Å². The summed E-state index contributed by atoms with van der Waals surface area (Å²) in [6.45, 7) is 0.639. The molecule has 0 aliphatic heterocycles. The Labute approximate surface area is 239 Å². The zero-order valence-electron chi connectivity index (χ0n) is 23.1. The van der Waals surface area contributed by atoms with E-state index in [1.54, 1.807) is 30.3 Å². The molecule has 0 aliphatic carbocycles. The molecule has 0 saturated heterocycles. The fraction of sp³-hybridized carbons (Fsp3) is 0.538. The highest BCUT2D eigenvalue weighted by atomic mass is 16.4. The lowest BCUT2D eigenvalue weighted by atomic mass is 10.0. The number of aliphatic carboxylic acids is 1. The molecule has 0 fully saturated rings. The summed E-state index contributed by atoms with van der Waals surface area (Å²) < 4.78 is 0. The van der Waals surface area contributed by atoms with Crippen molar-refractivity contribution in [1.82, 2.24) is 16.0 Å². The van der Waals surface area contributed by atoms with Gasteiger partial charge in [-0.1, -0.05) is 30.3 Å². The first-order chi connectivity index (χ1) is 19.4. The Kier molecular flexibility index (Phi) is 16.1. The average molecular weight is 578 g/mol. The molecule has 0 radical (unpaired) electrons. The van der Waals surface area contributed by atoms with Crippen molar-refractivity contribution in [2.45, 2.75) is 75.5 Å². The number of unbranched alkanes of at least 4 members (excludes halogenated alkanes) is 1. The number of nitrogens with zero attached hydrogens (tertiary/aromatic N) is 1. The number of guanidine groups is 1. The first-order valence-electron chi connectivity index (χ1n) is 13.4. The van der Waals surface area contributed by atoms with Gasteiger partial charge in [-0.2, -0.15) is 0 Å². The van der Waals surface area contributed by atoms with E-state index < -0.39 is 53.8 Å². The number of primary amides is 1. The number of aliphatic imine (C=N–C) groups is 1. The van der Waals surface area contributed by atoms with Crippen LogP contribution in [0.3, 0.4) is 0 Å². The number of carboxylic acid groups (broad SMARTS) is 1. The average Bonchev–Trinajstić information content (AvgIpc) is 2.92. The van der Waals surface area contributed by atoms with Gasteiger partial charge in [-0.05, 0) is 50.6 Å². The molecule has 1 aromatic carbocycles. The third kappa shape index (κ3) is 14.6. The van der Waals surface area contributed by atoms with Gasteiger partial charge in [0.1, 0.15) is 18.1 Å². The zero-order valence-corrected chi connectivity index (χ0v) is 23.1. The predicted molar refractivity (Wildman–Crippen MR) is 153 cm³/mol. The summed E-state index contributed by atoms with van der Waals surface area (Å²) >= 11 is 0. The van der Waals surface area contributed by atoms with Crippen LogP contribution >= 0.6 is 0 Å². The smallest absolute Gasteiger partial charge is 0.326 e. The van der Waals surface area contributed by atoms with Crippen LogP contribution < -0.4 is 44.6 Å². The molecular formula is C26H43N9O6. The maximum absolute atomic E-state index is 13.3. The van der Waals surface area contributed by atoms with E-state index in [0.717, 1.165) is 0 Å². The number of benzene rings is 1. The fourth-order valence-electron chi connectivity index (χ4n) is 3.84. The van der Waals surface area contributed by atoms with Gasteiger partial charge in [0.2, 0.25) is 23.6 Å². The number of hydrogen-bond donors (Lipinski definition) is 9. The van der Waals surface area contributed by atoms with Gasteiger partial charge in [0.05, 0.1) is 6.04 Å². The molecule has 0 bridgehead atoms. The molecule has 4 unspecified atom stereocenters. The van der Waals surface area contributed by atoms with E-state index in [4.69, 9.17) is 28.7 Å². The van der Waals surface area contributed by atoms with Crippen LogP contribution in [0.5, 0.6) is 0 Å². The molecule has 4 amide bonds. The highest BCUT2D eigenvalue weighted by Crippen LogP contribution is 2.08. The molecular weight excluding hydrogens is 534 g/mol. The quantitative estimate of drug-likeness (QED) is 0.0447. The molecule has 4 atom stereocenters. The first kappa shape index (κ1) is 34.8. The third-order valence-electron chi connectivity index (χ3n) is 6.09. The van der Waals surface area contributed by atoms with Crippen molar-refractivity contribution in [2.24, 2.45) is 33.7 Å². The van der Waals surface area contributed by atoms with Crippen molar-refractivity contribution in [1.29, 1.82) is 0 Å². The molecule has 0 heterocycles. The molecule has 41 heavy (non-hydrogen) atoms. The maximum Gasteiger partial charge on any atom is 0.326 e. The SMILES string of the molecule is NCCCCC(NC(=O)C(Cc1ccccc1)NC(=O)C(CCC(N)=O)NC(=O)C(N)CCCN=C(N)N)C(=O)O. The number of hydrogen-bond acceptors (Lipinski definition) is 8. The summed E-state index contributed by atoms with van der Waals surface area (Å²) in [7, 11) is 0. The third-order valence-corrected chi connectivity index (χ3v) is 6.09. The van der Waals surface area contributed by atoms with Crippen LogP contribution in [-0.4, -0.2) is 77.9 Å². The van der Waals surface area contributed by atoms with Gasteiger partial charge in [-0.25, -0.2) is 4.79 Å². The zero-order chi connectivity index (χ0) is 30.8. The normalized spacial score (nSPS) is 13.6. The molecule has 1 rings (SSSR count). The number of nitrogens with two attached hydrogens (primary N) is 5. The van der Waals surface area contributed by atoms with Crippen molar-refractivity contribution in [2.75, 3.05) is 13.1 Å². The first-order valence-corrected chi connectivity index (χ1v) is 13.4. The highest BCUT2D eigenvalue weighted by Gasteiger charge is 2.30. The van der Waals surface area contributed by atoms with Crippen molar-refractivity contribution in [3.05, 3.63) is 35.9 Å². The van der Waals surface area contributed by atoms with Gasteiger partial charge in [0.25, 0.3) is 0 Å². The second-order valence-corrected chi connectivity index (χ2v) is 9.56. The molecule has 15 nitrogen and oxygen atoms in total. The summed E-state index contributed by atoms with van der Waals surface area (Å²) in [6.07, 6.45) is 1.50. The van der Waals surface area contributed by atoms with E-state index in [2.05, 4.69) is 20.9 Å². The molecule has 0 spiro atoms. The van der Waals surface area contributed by atoms with Crippen molar-refractivity contribution >= 4 is 35.6 Å². The van der Waals surface area contributed by atoms with Crippen LogP contribution in [0.4, 0.5) is 0 Å². The molecule has 15 heteroatoms. The second kappa shape index (κ2) is 18.9. The summed E-state index contributed by atoms with van der Waals surface area (Å²) in [5, 5.41) is 17.2. The maximum atomic E-state index is 13.3. The summed E-state index contributed by atoms with van der Waals surface area (Å²) in [4.78, 5) is 66.2. The molecule has 0 saturated carbocycles. The molecule has 228 valence electrons. The molecule has 0 aliphatic rings. The van der Waals surface area contributed by atoms with Crippen LogP contribution in [0.1, 0.15) is 50.5 Å². The van der Waals surface area contributed by atoms with E-state index in [9.17, 15) is 29.1 Å². The minimum Gasteiger partial charge on any atom is -0.480 e. The van der Waals surface area contributed by atoms with Gasteiger partial charge < -0.3 is 49.7 Å². The number of nitrogens with one attached hydrogen (secondary N) is 3. The molecule has 1 aromatic rings. The summed E-state index contributed by atoms with van der Waals surface area (Å²) in [6, 6.07) is 4.16. The van der Waals surface area contributed by atoms with Crippen LogP contribution in [0.15, 0.2) is 35.3 Å². The van der Waals surface area contributed by atoms with Gasteiger partial charge in [-0.15, -0.1) is 0 Å². The number of carbonyl (C=O) groups is 5. The Morgan fingerprint density at radius 1 is 0.780 bits per heavy atom. The molecule has 14 N–H and O–H groups in total. The van der Waals surface area contributed by atoms with Crippen molar-refractivity contribution < 1.29 is 29.1 Å². The number of carboxylic acids is 1. The lowest BCUT2D eigenvalue weighted by Crippen LogP contribution is -2.57. The van der Waals surface area contributed by atoms with E-state index in [0.29, 0.717) is 31.4 Å². The number of amides is 4. The Morgan fingerprint density at radius 2 is 1.39 bits per heavy atom. The summed E-state index contributed by atoms with van der Waals surface area (Å²) in [5.74, 6) is -4.16. The Morgan fingerprint density at radius 3 is 1.98 bits per heavy atom. The van der Waals surface area contributed by atoms with E-state index >= 15 is 0 Å². The van der Waals surface area contributed by atoms with Crippen molar-refractivity contribution in [3.8, 4) is 0 Å². The standard InChI is InChI=1S/C26H43N9O6/c27-13-5-4-10-19(25(40)41)34-24(39)20(15-16-7-2-1-3-8-16)35-23(38)18(11-12-21(29)36)33-22(37)17(28)9-6-14-32-26(30)31/h1-3,7-8,17-20H,4-6,9-15,27-28H2,(H2,29,36)(H,33,37)(H,34,39)(H,35,38)(H,40,41)(H4,30,31,32). The van der Waals surface area contributed by atoms with Crippen LogP contribution in [0, 0.1) is 0 Å².